The second kappa shape index (κ2) is 5.32. The first-order valence-electron chi connectivity index (χ1n) is 5.18. The normalized spacial score (nSPS) is 28.1. The van der Waals surface area contributed by atoms with Gasteiger partial charge in [-0.25, -0.2) is 0 Å². The lowest BCUT2D eigenvalue weighted by Crippen LogP contribution is -2.42. The Balaban J connectivity index is 2.41. The molecule has 1 aliphatic rings. The van der Waals surface area contributed by atoms with E-state index >= 15 is 0 Å². The molecule has 2 N–H and O–H groups in total. The van der Waals surface area contributed by atoms with Crippen molar-refractivity contribution in [1.82, 2.24) is 0 Å². The lowest BCUT2D eigenvalue weighted by Gasteiger charge is -2.25. The standard InChI is InChI=1S/C10H19NO3/c1-2-14-9(12)8-10(11)4-3-6-13-7-5-10/h2-8,11H2,1H3. The van der Waals surface area contributed by atoms with E-state index in [-0.39, 0.29) is 5.97 Å². The number of esters is 1. The van der Waals surface area contributed by atoms with Crippen molar-refractivity contribution in [3.63, 3.8) is 0 Å². The zero-order chi connectivity index (χ0) is 10.4. The lowest BCUT2D eigenvalue weighted by molar-refractivity contribution is -0.144. The van der Waals surface area contributed by atoms with Crippen molar-refractivity contribution in [1.29, 1.82) is 0 Å². The van der Waals surface area contributed by atoms with Gasteiger partial charge in [-0.15, -0.1) is 0 Å². The zero-order valence-electron chi connectivity index (χ0n) is 8.75. The van der Waals surface area contributed by atoms with Gasteiger partial charge in [0.15, 0.2) is 0 Å². The quantitative estimate of drug-likeness (QED) is 0.687. The predicted octanol–water partition coefficient (Wildman–Crippen LogP) is 0.838. The van der Waals surface area contributed by atoms with Gasteiger partial charge in [-0.2, -0.15) is 0 Å². The lowest BCUT2D eigenvalue weighted by atomic mass is 9.88. The van der Waals surface area contributed by atoms with E-state index in [1.54, 1.807) is 6.92 Å². The summed E-state index contributed by atoms with van der Waals surface area (Å²) in [6, 6.07) is 0. The first-order chi connectivity index (χ1) is 6.66. The molecule has 0 saturated carbocycles. The van der Waals surface area contributed by atoms with Crippen LogP contribution in [0.15, 0.2) is 0 Å². The molecule has 1 fully saturated rings. The van der Waals surface area contributed by atoms with Gasteiger partial charge in [0, 0.05) is 18.8 Å². The summed E-state index contributed by atoms with van der Waals surface area (Å²) in [5.74, 6) is -0.197. The fourth-order valence-electron chi connectivity index (χ4n) is 1.71. The van der Waals surface area contributed by atoms with E-state index in [9.17, 15) is 4.79 Å². The summed E-state index contributed by atoms with van der Waals surface area (Å²) in [5, 5.41) is 0. The van der Waals surface area contributed by atoms with Crippen molar-refractivity contribution in [2.45, 2.75) is 38.1 Å². The Kier molecular flexibility index (Phi) is 4.35. The average Bonchev–Trinajstić information content (AvgIpc) is 2.30. The monoisotopic (exact) mass is 201 g/mol. The van der Waals surface area contributed by atoms with Gasteiger partial charge in [0.1, 0.15) is 0 Å². The van der Waals surface area contributed by atoms with Crippen LogP contribution in [0.1, 0.15) is 32.6 Å². The van der Waals surface area contributed by atoms with Crippen molar-refractivity contribution in [3.05, 3.63) is 0 Å². The van der Waals surface area contributed by atoms with Crippen LogP contribution in [-0.4, -0.2) is 31.3 Å². The molecule has 1 unspecified atom stereocenters. The van der Waals surface area contributed by atoms with Crippen LogP contribution in [0, 0.1) is 0 Å². The van der Waals surface area contributed by atoms with Gasteiger partial charge in [-0.1, -0.05) is 0 Å². The number of carbonyl (C=O) groups excluding carboxylic acids is 1. The van der Waals surface area contributed by atoms with Gasteiger partial charge in [0.05, 0.1) is 13.0 Å². The molecule has 14 heavy (non-hydrogen) atoms. The fraction of sp³-hybridized carbons (Fsp3) is 0.900. The Bertz CT molecular complexity index is 186. The number of rotatable bonds is 3. The van der Waals surface area contributed by atoms with Gasteiger partial charge in [-0.05, 0) is 26.2 Å². The molecule has 1 saturated heterocycles. The Labute approximate surface area is 84.7 Å². The third-order valence-electron chi connectivity index (χ3n) is 2.51. The molecule has 82 valence electrons. The van der Waals surface area contributed by atoms with Gasteiger partial charge in [0.2, 0.25) is 0 Å². The van der Waals surface area contributed by atoms with E-state index < -0.39 is 5.54 Å². The number of nitrogens with two attached hydrogens (primary N) is 1. The minimum Gasteiger partial charge on any atom is -0.466 e. The number of hydrogen-bond donors (Lipinski definition) is 1. The Morgan fingerprint density at radius 3 is 3.00 bits per heavy atom. The van der Waals surface area contributed by atoms with E-state index in [0.717, 1.165) is 25.9 Å². The first-order valence-corrected chi connectivity index (χ1v) is 5.18. The second-order valence-corrected chi connectivity index (χ2v) is 3.81. The molecule has 0 bridgehead atoms. The third-order valence-corrected chi connectivity index (χ3v) is 2.51. The average molecular weight is 201 g/mol. The van der Waals surface area contributed by atoms with E-state index in [1.807, 2.05) is 0 Å². The van der Waals surface area contributed by atoms with Crippen LogP contribution in [0.5, 0.6) is 0 Å². The highest BCUT2D eigenvalue weighted by Gasteiger charge is 2.29. The van der Waals surface area contributed by atoms with E-state index in [0.29, 0.717) is 19.6 Å². The minimum atomic E-state index is -0.414. The molecule has 0 amide bonds. The molecule has 0 spiro atoms. The van der Waals surface area contributed by atoms with Gasteiger partial charge in [-0.3, -0.25) is 4.79 Å². The summed E-state index contributed by atoms with van der Waals surface area (Å²) in [5.41, 5.74) is 5.70. The van der Waals surface area contributed by atoms with Gasteiger partial charge < -0.3 is 15.2 Å². The Morgan fingerprint density at radius 1 is 1.50 bits per heavy atom. The summed E-state index contributed by atoms with van der Waals surface area (Å²) < 4.78 is 10.2. The SMILES string of the molecule is CCOC(=O)CC1(N)CCCOCC1. The molecule has 1 aliphatic heterocycles. The number of hydrogen-bond acceptors (Lipinski definition) is 4. The summed E-state index contributed by atoms with van der Waals surface area (Å²) in [7, 11) is 0. The Morgan fingerprint density at radius 2 is 2.29 bits per heavy atom. The van der Waals surface area contributed by atoms with Crippen molar-refractivity contribution in [2.24, 2.45) is 5.73 Å². The van der Waals surface area contributed by atoms with E-state index in [2.05, 4.69) is 0 Å². The predicted molar refractivity (Wildman–Crippen MR) is 52.8 cm³/mol. The van der Waals surface area contributed by atoms with Crippen LogP contribution in [0.2, 0.25) is 0 Å². The molecule has 4 heteroatoms. The second-order valence-electron chi connectivity index (χ2n) is 3.81. The first kappa shape index (κ1) is 11.5. The molecular weight excluding hydrogens is 182 g/mol. The summed E-state index contributed by atoms with van der Waals surface area (Å²) in [6.07, 6.45) is 2.82. The van der Waals surface area contributed by atoms with E-state index in [4.69, 9.17) is 15.2 Å². The maximum Gasteiger partial charge on any atom is 0.307 e. The highest BCUT2D eigenvalue weighted by Crippen LogP contribution is 2.22. The van der Waals surface area contributed by atoms with Crippen LogP contribution in [0.4, 0.5) is 0 Å². The van der Waals surface area contributed by atoms with Crippen molar-refractivity contribution >= 4 is 5.97 Å². The van der Waals surface area contributed by atoms with Crippen LogP contribution >= 0.6 is 0 Å². The van der Waals surface area contributed by atoms with Crippen molar-refractivity contribution in [3.8, 4) is 0 Å². The largest absolute Gasteiger partial charge is 0.466 e. The van der Waals surface area contributed by atoms with Crippen LogP contribution in [-0.2, 0) is 14.3 Å². The summed E-state index contributed by atoms with van der Waals surface area (Å²) >= 11 is 0. The number of carbonyl (C=O) groups is 1. The molecule has 0 aromatic carbocycles. The maximum absolute atomic E-state index is 11.3. The Hall–Kier alpha value is -0.610. The highest BCUT2D eigenvalue weighted by molar-refractivity contribution is 5.70. The minimum absolute atomic E-state index is 0.197. The molecule has 0 aromatic rings. The van der Waals surface area contributed by atoms with Gasteiger partial charge >= 0.3 is 5.97 Å². The zero-order valence-corrected chi connectivity index (χ0v) is 8.75. The maximum atomic E-state index is 11.3. The van der Waals surface area contributed by atoms with Crippen molar-refractivity contribution < 1.29 is 14.3 Å². The van der Waals surface area contributed by atoms with Crippen LogP contribution < -0.4 is 5.73 Å². The molecule has 1 heterocycles. The molecule has 1 atom stereocenters. The molecule has 0 aromatic heterocycles. The van der Waals surface area contributed by atoms with Gasteiger partial charge in [0.25, 0.3) is 0 Å². The molecule has 4 nitrogen and oxygen atoms in total. The topological polar surface area (TPSA) is 61.5 Å². The highest BCUT2D eigenvalue weighted by atomic mass is 16.5. The number of ether oxygens (including phenoxy) is 2. The third kappa shape index (κ3) is 3.64. The smallest absolute Gasteiger partial charge is 0.307 e. The molecular formula is C10H19NO3. The van der Waals surface area contributed by atoms with Crippen LogP contribution in [0.25, 0.3) is 0 Å². The molecule has 0 radical (unpaired) electrons. The summed E-state index contributed by atoms with van der Waals surface area (Å²) in [6.45, 7) is 3.63. The van der Waals surface area contributed by atoms with Crippen molar-refractivity contribution in [2.75, 3.05) is 19.8 Å². The molecule has 1 rings (SSSR count). The molecule has 0 aliphatic carbocycles. The fourth-order valence-corrected chi connectivity index (χ4v) is 1.71. The summed E-state index contributed by atoms with van der Waals surface area (Å²) in [4.78, 5) is 11.3. The van der Waals surface area contributed by atoms with Crippen LogP contribution in [0.3, 0.4) is 0 Å². The van der Waals surface area contributed by atoms with E-state index in [1.165, 1.54) is 0 Å².